The van der Waals surface area contributed by atoms with E-state index >= 15 is 0 Å². The second-order valence-corrected chi connectivity index (χ2v) is 27.3. The van der Waals surface area contributed by atoms with E-state index in [0.717, 1.165) is 0 Å². The molecular formula is C61H62BrCl2F3N12O11S3Si. The Bertz CT molecular complexity index is 3790. The van der Waals surface area contributed by atoms with E-state index in [1.165, 1.54) is 76.5 Å². The molecule has 6 N–H and O–H groups in total. The van der Waals surface area contributed by atoms with Crippen LogP contribution in [0.25, 0.3) is 0 Å². The Hall–Kier alpha value is -6.98. The molecule has 496 valence electrons. The number of nitrogens with zero attached hydrogens (tertiary/aromatic N) is 9. The molecule has 3 fully saturated rings. The van der Waals surface area contributed by atoms with Crippen LogP contribution in [0.1, 0.15) is 70.6 Å². The maximum Gasteiger partial charge on any atom is 0.540 e. The largest absolute Gasteiger partial charge is 0.540 e. The monoisotopic (exact) mass is 1470 g/mol. The number of aliphatic hydroxyl groups is 2. The molecule has 3 saturated heterocycles. The van der Waals surface area contributed by atoms with Gasteiger partial charge in [0.1, 0.15) is 42.2 Å². The number of amidine groups is 3. The fourth-order valence-corrected chi connectivity index (χ4v) is 14.8. The first kappa shape index (κ1) is 69.8. The van der Waals surface area contributed by atoms with Crippen LogP contribution in [0.15, 0.2) is 142 Å². The lowest BCUT2D eigenvalue weighted by Gasteiger charge is -2.40. The molecule has 0 radical (unpaired) electrons. The summed E-state index contributed by atoms with van der Waals surface area (Å²) in [7, 11) is -2.64. The number of hydrogen-bond acceptors (Lipinski definition) is 25. The van der Waals surface area contributed by atoms with Crippen LogP contribution >= 0.6 is 73.1 Å². The van der Waals surface area contributed by atoms with Crippen molar-refractivity contribution in [2.45, 2.75) is 57.2 Å². The van der Waals surface area contributed by atoms with Crippen LogP contribution in [-0.2, 0) is 37.5 Å². The average molecular weight is 1470 g/mol. The van der Waals surface area contributed by atoms with Crippen molar-refractivity contribution < 1.29 is 66.0 Å². The third-order valence-corrected chi connectivity index (χ3v) is 20.2. The lowest BCUT2D eigenvalue weighted by Crippen LogP contribution is -2.54. The fraction of sp³-hybridized carbons (Fsp3) is 0.361. The molecule has 3 aromatic carbocycles. The molecule has 3 aromatic heterocycles. The predicted molar refractivity (Wildman–Crippen MR) is 352 cm³/mol. The van der Waals surface area contributed by atoms with E-state index in [-0.39, 0.29) is 66.2 Å². The van der Waals surface area contributed by atoms with Crippen molar-refractivity contribution >= 4 is 117 Å². The lowest BCUT2D eigenvalue weighted by atomic mass is 9.94. The highest BCUT2D eigenvalue weighted by atomic mass is 79.9. The first-order chi connectivity index (χ1) is 45.3. The van der Waals surface area contributed by atoms with Crippen LogP contribution in [0.5, 0.6) is 0 Å². The predicted octanol–water partition coefficient (Wildman–Crippen LogP) is 7.71. The average Bonchev–Trinajstić information content (AvgIpc) is 1.06. The van der Waals surface area contributed by atoms with Crippen LogP contribution in [0.2, 0.25) is 10.0 Å². The molecule has 6 aliphatic heterocycles. The summed E-state index contributed by atoms with van der Waals surface area (Å²) in [5.74, 6) is -1.88. The van der Waals surface area contributed by atoms with Gasteiger partial charge in [-0.15, -0.1) is 34.0 Å². The maximum absolute atomic E-state index is 13.7. The van der Waals surface area contributed by atoms with Gasteiger partial charge in [0.25, 0.3) is 0 Å². The molecule has 23 nitrogen and oxygen atoms in total. The quantitative estimate of drug-likeness (QED) is 0.0280. The highest BCUT2D eigenvalue weighted by Gasteiger charge is 2.41. The number of aliphatic hydroxyl groups excluding tert-OH is 2. The van der Waals surface area contributed by atoms with Gasteiger partial charge in [-0.1, -0.05) is 57.3 Å². The molecule has 0 bridgehead atoms. The molecule has 0 spiro atoms. The summed E-state index contributed by atoms with van der Waals surface area (Å²) >= 11 is 20.3. The number of carbonyl (C=O) groups excluding carboxylic acids is 2. The molecule has 3 atom stereocenters. The zero-order valence-electron chi connectivity index (χ0n) is 50.4. The van der Waals surface area contributed by atoms with E-state index in [1.807, 2.05) is 30.8 Å². The van der Waals surface area contributed by atoms with E-state index in [1.54, 1.807) is 51.5 Å². The molecule has 33 heteroatoms. The standard InChI is InChI=1S/C22H22ClFN4O5S.C20H20BrFN4O3S.C19H20ClFN4O3SSi/c1-2-32-22(31)18-16(10-28-8-13(9-28)33-11-17(29)30)26-20(21-25-5-6-34-21)27-19(18)14-4-3-12(24)7-15(14)23;1-2-29-20(28)16-15(10-26-8-12(27)9-26)24-18(19-23-5-6-30-19)25-17(16)13-4-3-11(22)7-14(13)21;1-2-28-30(27)17-15(10-25-8-12(26)9-25)23-18(19-22-5-6-29-19)24-16(17)13-4-3-11(21)7-14(13)20/h3-7,13,19H,2,8-11H2,1H3,(H,26,27)(H,29,30);3-7,12,17,27H,2,8-10H2,1H3,(H,24,25);3-7,12,16,26H,2,8-10H2,1H3,(H,23,24)/t19-;17-;16-/m000/s1. The van der Waals surface area contributed by atoms with Gasteiger partial charge in [-0.3, -0.25) is 29.7 Å². The number of thiazole rings is 3. The van der Waals surface area contributed by atoms with Gasteiger partial charge in [-0.25, -0.2) is 42.5 Å². The number of carbonyl (C=O) groups is 3. The molecule has 6 aromatic rings. The molecular weight excluding hydrogens is 1410 g/mol. The zero-order chi connectivity index (χ0) is 66.7. The summed E-state index contributed by atoms with van der Waals surface area (Å²) in [4.78, 5) is 70.0. The summed E-state index contributed by atoms with van der Waals surface area (Å²) in [6.45, 7) is 9.83. The van der Waals surface area contributed by atoms with Crippen molar-refractivity contribution in [3.05, 3.63) is 186 Å². The number of aliphatic imine (C=N–C) groups is 3. The first-order valence-electron chi connectivity index (χ1n) is 29.4. The minimum absolute atomic E-state index is 0.140. The number of likely N-dealkylation sites (tertiary alicyclic amines) is 3. The van der Waals surface area contributed by atoms with Gasteiger partial charge in [0.15, 0.2) is 32.5 Å². The molecule has 9 heterocycles. The van der Waals surface area contributed by atoms with E-state index in [0.29, 0.717) is 140 Å². The number of carboxylic acids is 1. The SMILES string of the molecule is CCOC(=O)C1=C(CN2CC(O)C2)NC(c2nccs2)=N[C@H]1c1ccc(F)cc1Br.CCOC(=O)C1=C(CN2CC(OCC(=O)O)C2)NC(c2nccs2)=N[C@H]1c1ccc(F)cc1Cl.CCO[Si](=O)C1=C(CN2CC(O)C2)NC(c2nccs2)=N[C@H]1c1ccc(F)cc1Cl. The Morgan fingerprint density at radius 2 is 1.01 bits per heavy atom. The Balaban J connectivity index is 0.000000154. The van der Waals surface area contributed by atoms with Crippen LogP contribution in [-0.4, -0.2) is 193 Å². The van der Waals surface area contributed by atoms with Crippen molar-refractivity contribution in [3.63, 3.8) is 0 Å². The van der Waals surface area contributed by atoms with Crippen molar-refractivity contribution in [1.29, 1.82) is 0 Å². The topological polar surface area (TPSA) is 287 Å². The molecule has 0 saturated carbocycles. The highest BCUT2D eigenvalue weighted by molar-refractivity contribution is 9.10. The fourth-order valence-electron chi connectivity index (χ4n) is 10.7. The molecule has 0 aliphatic carbocycles. The molecule has 0 amide bonds. The van der Waals surface area contributed by atoms with E-state index in [2.05, 4.69) is 46.8 Å². The van der Waals surface area contributed by atoms with Gasteiger partial charge < -0.3 is 54.4 Å². The highest BCUT2D eigenvalue weighted by Crippen LogP contribution is 2.41. The Morgan fingerprint density at radius 1 is 0.606 bits per heavy atom. The van der Waals surface area contributed by atoms with Crippen molar-refractivity contribution in [1.82, 2.24) is 45.6 Å². The summed E-state index contributed by atoms with van der Waals surface area (Å²) in [6, 6.07) is 10.1. The van der Waals surface area contributed by atoms with E-state index < -0.39 is 56.6 Å². The number of β-amino-alcohol motifs (C(OH)–C–C–N with tert-alkyl or cyclic N) is 2. The van der Waals surface area contributed by atoms with Crippen molar-refractivity contribution in [2.24, 2.45) is 15.0 Å². The van der Waals surface area contributed by atoms with Gasteiger partial charge in [-0.2, -0.15) is 0 Å². The van der Waals surface area contributed by atoms with Crippen LogP contribution in [0.4, 0.5) is 13.2 Å². The lowest BCUT2D eigenvalue weighted by molar-refractivity contribution is -0.148. The van der Waals surface area contributed by atoms with Gasteiger partial charge in [0.2, 0.25) is 0 Å². The van der Waals surface area contributed by atoms with Crippen LogP contribution in [0.3, 0.4) is 0 Å². The molecule has 6 aliphatic rings. The maximum atomic E-state index is 13.7. The molecule has 94 heavy (non-hydrogen) atoms. The summed E-state index contributed by atoms with van der Waals surface area (Å²) < 4.78 is 76.2. The number of aliphatic carboxylic acids is 1. The summed E-state index contributed by atoms with van der Waals surface area (Å²) in [6.07, 6.45) is 4.07. The number of ether oxygens (including phenoxy) is 3. The first-order valence-corrected chi connectivity index (χ1v) is 34.9. The molecule has 0 unspecified atom stereocenters. The van der Waals surface area contributed by atoms with E-state index in [4.69, 9.17) is 61.9 Å². The van der Waals surface area contributed by atoms with Crippen molar-refractivity contribution in [3.8, 4) is 0 Å². The Labute approximate surface area is 569 Å². The smallest absolute Gasteiger partial charge is 0.521 e. The van der Waals surface area contributed by atoms with Gasteiger partial charge in [0.05, 0.1) is 54.5 Å². The van der Waals surface area contributed by atoms with Crippen LogP contribution < -0.4 is 16.0 Å². The number of hydrogen-bond donors (Lipinski definition) is 6. The third-order valence-electron chi connectivity index (χ3n) is 14.9. The summed E-state index contributed by atoms with van der Waals surface area (Å²) in [5.41, 5.74) is 4.17. The van der Waals surface area contributed by atoms with Crippen LogP contribution in [0, 0.1) is 17.5 Å². The second-order valence-electron chi connectivity index (χ2n) is 21.6. The third kappa shape index (κ3) is 17.2. The number of esters is 2. The number of benzene rings is 3. The minimum atomic E-state index is -2.64. The zero-order valence-corrected chi connectivity index (χ0v) is 57.0. The number of halogens is 6. The number of rotatable bonds is 22. The number of nitrogens with one attached hydrogen (secondary N) is 3. The summed E-state index contributed by atoms with van der Waals surface area (Å²) in [5, 5.41) is 46.2. The van der Waals surface area contributed by atoms with Gasteiger partial charge in [-0.05, 0) is 68.3 Å². The number of carboxylic acid groups (broad SMARTS) is 1. The van der Waals surface area contributed by atoms with E-state index in [9.17, 15) is 42.2 Å². The minimum Gasteiger partial charge on any atom is -0.521 e. The Kier molecular flexibility index (Phi) is 23.9. The second kappa shape index (κ2) is 32.2. The molecule has 12 rings (SSSR count). The van der Waals surface area contributed by atoms with Gasteiger partial charge >= 0.3 is 26.8 Å². The van der Waals surface area contributed by atoms with Crippen molar-refractivity contribution in [2.75, 3.05) is 85.3 Å². The Morgan fingerprint density at radius 3 is 1.41 bits per heavy atom. The van der Waals surface area contributed by atoms with Gasteiger partial charge in [0, 0.05) is 131 Å². The normalized spacial score (nSPS) is 19.5. The number of aromatic nitrogens is 3.